The first kappa shape index (κ1) is 24.8. The highest BCUT2D eigenvalue weighted by atomic mass is 32.2. The fourth-order valence-electron chi connectivity index (χ4n) is 4.03. The average molecular weight is 525 g/mol. The van der Waals surface area contributed by atoms with Gasteiger partial charge in [0, 0.05) is 36.2 Å². The lowest BCUT2D eigenvalue weighted by Crippen LogP contribution is -2.37. The summed E-state index contributed by atoms with van der Waals surface area (Å²) in [6.07, 6.45) is 1.52. The van der Waals surface area contributed by atoms with Crippen molar-refractivity contribution in [2.24, 2.45) is 0 Å². The third kappa shape index (κ3) is 5.16. The number of hydrogen-bond donors (Lipinski definition) is 1. The van der Waals surface area contributed by atoms with Gasteiger partial charge in [-0.05, 0) is 47.7 Å². The molecule has 1 aliphatic heterocycles. The minimum atomic E-state index is -0.511. The number of fused-ring (bicyclic) bond motifs is 1. The summed E-state index contributed by atoms with van der Waals surface area (Å²) in [5.41, 5.74) is 3.17. The van der Waals surface area contributed by atoms with Gasteiger partial charge in [-0.3, -0.25) is 29.4 Å². The Labute approximate surface area is 221 Å². The van der Waals surface area contributed by atoms with E-state index < -0.39 is 16.1 Å². The Kier molecular flexibility index (Phi) is 6.96. The molecule has 188 valence electrons. The quantitative estimate of drug-likeness (QED) is 0.198. The summed E-state index contributed by atoms with van der Waals surface area (Å²) in [6, 6.07) is 24.3. The van der Waals surface area contributed by atoms with Crippen LogP contribution in [0, 0.1) is 10.1 Å². The van der Waals surface area contributed by atoms with Gasteiger partial charge in [-0.1, -0.05) is 48.5 Å². The summed E-state index contributed by atoms with van der Waals surface area (Å²) >= 11 is 0.787. The zero-order chi connectivity index (χ0) is 26.6. The maximum atomic E-state index is 13.2. The number of non-ortho nitro benzene ring substituents is 1. The number of nitrogens with one attached hydrogen (secondary N) is 1. The molecule has 3 aromatic carbocycles. The predicted octanol–water partition coefficient (Wildman–Crippen LogP) is 5.28. The van der Waals surface area contributed by atoms with Gasteiger partial charge in [0.05, 0.1) is 26.6 Å². The lowest BCUT2D eigenvalue weighted by molar-refractivity contribution is -0.384. The van der Waals surface area contributed by atoms with E-state index in [1.165, 1.54) is 30.3 Å². The molecule has 1 aromatic heterocycles. The molecule has 0 saturated carbocycles. The minimum Gasteiger partial charge on any atom is -0.350 e. The van der Waals surface area contributed by atoms with Crippen molar-refractivity contribution in [2.75, 3.05) is 13.1 Å². The fourth-order valence-corrected chi connectivity index (χ4v) is 4.90. The zero-order valence-corrected chi connectivity index (χ0v) is 20.7. The van der Waals surface area contributed by atoms with Crippen LogP contribution in [0.5, 0.6) is 0 Å². The van der Waals surface area contributed by atoms with Crippen LogP contribution in [0.1, 0.15) is 15.9 Å². The van der Waals surface area contributed by atoms with Crippen molar-refractivity contribution >= 4 is 51.5 Å². The second kappa shape index (κ2) is 10.7. The molecule has 1 fully saturated rings. The molecular formula is C28H20N4O5S. The van der Waals surface area contributed by atoms with E-state index in [4.69, 9.17) is 0 Å². The topological polar surface area (TPSA) is 123 Å². The number of para-hydroxylation sites is 1. The largest absolute Gasteiger partial charge is 0.350 e. The maximum absolute atomic E-state index is 13.2. The molecule has 38 heavy (non-hydrogen) atoms. The number of hydrogen-bond acceptors (Lipinski definition) is 7. The van der Waals surface area contributed by atoms with Crippen LogP contribution >= 0.6 is 11.8 Å². The summed E-state index contributed by atoms with van der Waals surface area (Å²) in [7, 11) is 0. The monoisotopic (exact) mass is 524 g/mol. The summed E-state index contributed by atoms with van der Waals surface area (Å²) in [4.78, 5) is 54.7. The summed E-state index contributed by atoms with van der Waals surface area (Å²) in [6.45, 7) is 0.0710. The van der Waals surface area contributed by atoms with E-state index in [1.807, 2.05) is 54.6 Å². The average Bonchev–Trinajstić information content (AvgIpc) is 3.20. The van der Waals surface area contributed by atoms with E-state index in [1.54, 1.807) is 6.07 Å². The fraction of sp³-hybridized carbons (Fsp3) is 0.0714. The highest BCUT2D eigenvalue weighted by Gasteiger charge is 2.34. The molecule has 9 nitrogen and oxygen atoms in total. The van der Waals surface area contributed by atoms with E-state index >= 15 is 0 Å². The number of thioether (sulfide) groups is 1. The van der Waals surface area contributed by atoms with Crippen LogP contribution < -0.4 is 5.32 Å². The molecule has 0 atom stereocenters. The lowest BCUT2D eigenvalue weighted by atomic mass is 10.0. The molecule has 0 unspecified atom stereocenters. The molecule has 3 amide bonds. The number of aromatic nitrogens is 1. The van der Waals surface area contributed by atoms with Crippen LogP contribution in [0.25, 0.3) is 28.2 Å². The van der Waals surface area contributed by atoms with Gasteiger partial charge in [-0.2, -0.15) is 0 Å². The van der Waals surface area contributed by atoms with E-state index in [0.717, 1.165) is 22.2 Å². The summed E-state index contributed by atoms with van der Waals surface area (Å²) < 4.78 is 0. The number of rotatable bonds is 7. The van der Waals surface area contributed by atoms with Crippen molar-refractivity contribution < 1.29 is 19.3 Å². The van der Waals surface area contributed by atoms with Crippen LogP contribution in [0.3, 0.4) is 0 Å². The van der Waals surface area contributed by atoms with Gasteiger partial charge in [-0.15, -0.1) is 0 Å². The first-order valence-corrected chi connectivity index (χ1v) is 12.5. The number of nitro benzene ring substituents is 1. The molecule has 5 rings (SSSR count). The highest BCUT2D eigenvalue weighted by molar-refractivity contribution is 8.18. The van der Waals surface area contributed by atoms with Crippen molar-refractivity contribution in [3.63, 3.8) is 0 Å². The third-order valence-electron chi connectivity index (χ3n) is 5.93. The number of carbonyl (C=O) groups excluding carboxylic acids is 3. The number of imide groups is 1. The number of carbonyl (C=O) groups is 3. The van der Waals surface area contributed by atoms with E-state index in [9.17, 15) is 24.5 Å². The third-order valence-corrected chi connectivity index (χ3v) is 6.83. The van der Waals surface area contributed by atoms with Crippen molar-refractivity contribution in [2.45, 2.75) is 0 Å². The smallest absolute Gasteiger partial charge is 0.293 e. The highest BCUT2D eigenvalue weighted by Crippen LogP contribution is 2.32. The van der Waals surface area contributed by atoms with E-state index in [2.05, 4.69) is 10.3 Å². The molecule has 1 aliphatic rings. The Morgan fingerprint density at radius 1 is 1.00 bits per heavy atom. The SMILES string of the molecule is O=C(NCCN1C(=O)S/C(=C/c2ccc([N+](=O)[O-])cc2)C1=O)c1cc(-c2ccccc2)nc2ccccc12. The molecule has 0 spiro atoms. The van der Waals surface area contributed by atoms with Gasteiger partial charge in [0.15, 0.2) is 0 Å². The molecule has 0 bridgehead atoms. The zero-order valence-electron chi connectivity index (χ0n) is 19.9. The van der Waals surface area contributed by atoms with Crippen LogP contribution in [0.2, 0.25) is 0 Å². The molecule has 1 saturated heterocycles. The van der Waals surface area contributed by atoms with Gasteiger partial charge in [0.2, 0.25) is 0 Å². The molecule has 10 heteroatoms. The molecule has 1 N–H and O–H groups in total. The van der Waals surface area contributed by atoms with E-state index in [0.29, 0.717) is 27.7 Å². The maximum Gasteiger partial charge on any atom is 0.293 e. The van der Waals surface area contributed by atoms with Crippen LogP contribution in [0.15, 0.2) is 89.8 Å². The van der Waals surface area contributed by atoms with E-state index in [-0.39, 0.29) is 29.6 Å². The standard InChI is InChI=1S/C28H20N4O5S/c33-26(22-17-24(19-6-2-1-3-7-19)30-23-9-5-4-8-21(22)23)29-14-15-31-27(34)25(38-28(31)35)16-18-10-12-20(13-11-18)32(36)37/h1-13,16-17H,14-15H2,(H,29,33)/b25-16+. The Hall–Kier alpha value is -4.83. The minimum absolute atomic E-state index is 0.00255. The number of nitrogens with zero attached hydrogens (tertiary/aromatic N) is 3. The lowest BCUT2D eigenvalue weighted by Gasteiger charge is -2.14. The molecule has 0 aliphatic carbocycles. The van der Waals surface area contributed by atoms with Gasteiger partial charge in [0.25, 0.3) is 22.7 Å². The van der Waals surface area contributed by atoms with Gasteiger partial charge in [-0.25, -0.2) is 4.98 Å². The number of pyridine rings is 1. The number of nitro groups is 1. The summed E-state index contributed by atoms with van der Waals surface area (Å²) in [5, 5.41) is 13.9. The first-order chi connectivity index (χ1) is 18.4. The van der Waals surface area contributed by atoms with Crippen LogP contribution in [-0.4, -0.2) is 45.0 Å². The Morgan fingerprint density at radius 3 is 2.45 bits per heavy atom. The van der Waals surface area contributed by atoms with Crippen molar-refractivity contribution in [3.8, 4) is 11.3 Å². The second-order valence-electron chi connectivity index (χ2n) is 8.38. The second-order valence-corrected chi connectivity index (χ2v) is 9.37. The van der Waals surface area contributed by atoms with Crippen molar-refractivity contribution in [1.82, 2.24) is 15.2 Å². The van der Waals surface area contributed by atoms with Crippen LogP contribution in [0.4, 0.5) is 10.5 Å². The Balaban J connectivity index is 1.28. The van der Waals surface area contributed by atoms with Gasteiger partial charge < -0.3 is 5.32 Å². The van der Waals surface area contributed by atoms with Gasteiger partial charge >= 0.3 is 0 Å². The molecule has 4 aromatic rings. The molecular weight excluding hydrogens is 504 g/mol. The molecule has 2 heterocycles. The van der Waals surface area contributed by atoms with Crippen LogP contribution in [-0.2, 0) is 4.79 Å². The Morgan fingerprint density at radius 2 is 1.71 bits per heavy atom. The normalized spacial score (nSPS) is 14.3. The number of benzene rings is 3. The van der Waals surface area contributed by atoms with Crippen molar-refractivity contribution in [3.05, 3.63) is 111 Å². The Bertz CT molecular complexity index is 1600. The number of amides is 3. The predicted molar refractivity (Wildman–Crippen MR) is 145 cm³/mol. The molecule has 0 radical (unpaired) electrons. The van der Waals surface area contributed by atoms with Gasteiger partial charge in [0.1, 0.15) is 0 Å². The first-order valence-electron chi connectivity index (χ1n) is 11.6. The summed E-state index contributed by atoms with van der Waals surface area (Å²) in [5.74, 6) is -0.817. The van der Waals surface area contributed by atoms with Crippen molar-refractivity contribution in [1.29, 1.82) is 0 Å².